The fourth-order valence-corrected chi connectivity index (χ4v) is 1.29. The van der Waals surface area contributed by atoms with Gasteiger partial charge in [0, 0.05) is 6.04 Å². The SMILES string of the molecule is C#CN(C(N)=O)C(OCCC)(OCCC)OCCC. The van der Waals surface area contributed by atoms with Crippen molar-refractivity contribution in [2.45, 2.75) is 46.1 Å². The molecule has 0 atom stereocenters. The van der Waals surface area contributed by atoms with Gasteiger partial charge in [0.2, 0.25) is 0 Å². The van der Waals surface area contributed by atoms with Gasteiger partial charge >= 0.3 is 12.1 Å². The van der Waals surface area contributed by atoms with E-state index >= 15 is 0 Å². The molecule has 2 amide bonds. The molecule has 19 heavy (non-hydrogen) atoms. The van der Waals surface area contributed by atoms with Crippen LogP contribution < -0.4 is 5.73 Å². The van der Waals surface area contributed by atoms with E-state index in [1.54, 1.807) is 0 Å². The summed E-state index contributed by atoms with van der Waals surface area (Å²) in [5.74, 6) is 0. The van der Waals surface area contributed by atoms with E-state index in [0.717, 1.165) is 24.2 Å². The summed E-state index contributed by atoms with van der Waals surface area (Å²) in [6.45, 7) is 6.77. The van der Waals surface area contributed by atoms with Crippen molar-refractivity contribution >= 4 is 6.03 Å². The van der Waals surface area contributed by atoms with Gasteiger partial charge in [-0.25, -0.2) is 4.79 Å². The Labute approximate surface area is 115 Å². The summed E-state index contributed by atoms with van der Waals surface area (Å²) in [6, 6.07) is 1.30. The molecule has 110 valence electrons. The first-order valence-corrected chi connectivity index (χ1v) is 6.55. The fraction of sp³-hybridized carbons (Fsp3) is 0.769. The standard InChI is InChI=1S/C13H24N2O4/c1-5-9-17-13(18-10-6-2,19-11-7-3)15(8-4)12(14)16/h4H,5-7,9-11H2,1-3H3,(H2,14,16). The van der Waals surface area contributed by atoms with E-state index in [4.69, 9.17) is 26.4 Å². The van der Waals surface area contributed by atoms with Gasteiger partial charge in [-0.3, -0.25) is 0 Å². The normalized spacial score (nSPS) is 11.1. The van der Waals surface area contributed by atoms with Crippen molar-refractivity contribution in [1.29, 1.82) is 0 Å². The number of terminal acetylenes is 1. The maximum Gasteiger partial charge on any atom is 0.392 e. The number of carbonyl (C=O) groups is 1. The number of nitrogens with zero attached hydrogens (tertiary/aromatic N) is 1. The zero-order valence-corrected chi connectivity index (χ0v) is 12.0. The lowest BCUT2D eigenvalue weighted by molar-refractivity contribution is -0.424. The Bertz CT molecular complexity index is 280. The summed E-state index contributed by atoms with van der Waals surface area (Å²) < 4.78 is 16.6. The molecular formula is C13H24N2O4. The van der Waals surface area contributed by atoms with E-state index in [1.807, 2.05) is 20.8 Å². The van der Waals surface area contributed by atoms with Gasteiger partial charge in [-0.15, -0.1) is 0 Å². The third-order valence-electron chi connectivity index (χ3n) is 2.09. The predicted octanol–water partition coefficient (Wildman–Crippen LogP) is 1.85. The van der Waals surface area contributed by atoms with Gasteiger partial charge in [0.25, 0.3) is 0 Å². The number of carbonyl (C=O) groups excluding carboxylic acids is 1. The van der Waals surface area contributed by atoms with E-state index in [2.05, 4.69) is 6.04 Å². The minimum atomic E-state index is -1.73. The Morgan fingerprint density at radius 3 is 1.68 bits per heavy atom. The maximum absolute atomic E-state index is 11.4. The van der Waals surface area contributed by atoms with Crippen molar-refractivity contribution in [3.63, 3.8) is 0 Å². The van der Waals surface area contributed by atoms with Gasteiger partial charge in [0.1, 0.15) is 0 Å². The first kappa shape index (κ1) is 17.7. The lowest BCUT2D eigenvalue weighted by Gasteiger charge is -2.37. The van der Waals surface area contributed by atoms with E-state index in [0.29, 0.717) is 19.8 Å². The van der Waals surface area contributed by atoms with Crippen LogP contribution in [0.4, 0.5) is 4.79 Å². The Hall–Kier alpha value is -1.29. The molecule has 0 unspecified atom stereocenters. The Morgan fingerprint density at radius 2 is 1.47 bits per heavy atom. The number of nitrogens with two attached hydrogens (primary N) is 1. The summed E-state index contributed by atoms with van der Waals surface area (Å²) in [6.07, 6.45) is 5.75. The lowest BCUT2D eigenvalue weighted by atomic mass is 10.5. The number of rotatable bonds is 10. The van der Waals surface area contributed by atoms with Crippen LogP contribution >= 0.6 is 0 Å². The van der Waals surface area contributed by atoms with E-state index in [1.165, 1.54) is 0 Å². The van der Waals surface area contributed by atoms with Crippen LogP contribution in [0.1, 0.15) is 40.0 Å². The zero-order valence-electron chi connectivity index (χ0n) is 12.0. The zero-order chi connectivity index (χ0) is 14.7. The van der Waals surface area contributed by atoms with Crippen LogP contribution in [0.3, 0.4) is 0 Å². The highest BCUT2D eigenvalue weighted by atomic mass is 16.9. The molecule has 0 spiro atoms. The van der Waals surface area contributed by atoms with Crippen molar-refractivity contribution in [3.8, 4) is 12.5 Å². The smallest absolute Gasteiger partial charge is 0.350 e. The van der Waals surface area contributed by atoms with Crippen LogP contribution in [-0.2, 0) is 14.2 Å². The quantitative estimate of drug-likeness (QED) is 0.374. The Kier molecular flexibility index (Phi) is 8.96. The van der Waals surface area contributed by atoms with Gasteiger partial charge < -0.3 is 19.9 Å². The monoisotopic (exact) mass is 272 g/mol. The molecule has 6 heteroatoms. The third-order valence-corrected chi connectivity index (χ3v) is 2.09. The summed E-state index contributed by atoms with van der Waals surface area (Å²) >= 11 is 0. The highest BCUT2D eigenvalue weighted by Gasteiger charge is 2.43. The minimum absolute atomic E-state index is 0.332. The average Bonchev–Trinajstić information content (AvgIpc) is 2.40. The molecular weight excluding hydrogens is 248 g/mol. The minimum Gasteiger partial charge on any atom is -0.350 e. The molecule has 0 aliphatic carbocycles. The van der Waals surface area contributed by atoms with E-state index in [9.17, 15) is 4.79 Å². The molecule has 0 heterocycles. The van der Waals surface area contributed by atoms with Crippen molar-refractivity contribution in [3.05, 3.63) is 0 Å². The molecule has 0 aliphatic heterocycles. The highest BCUT2D eigenvalue weighted by molar-refractivity contribution is 5.74. The molecule has 0 bridgehead atoms. The second kappa shape index (κ2) is 9.62. The maximum atomic E-state index is 11.4. The van der Waals surface area contributed by atoms with Crippen LogP contribution in [0.25, 0.3) is 0 Å². The molecule has 0 aromatic carbocycles. The number of amides is 2. The fourth-order valence-electron chi connectivity index (χ4n) is 1.29. The topological polar surface area (TPSA) is 74.0 Å². The lowest BCUT2D eigenvalue weighted by Crippen LogP contribution is -2.57. The van der Waals surface area contributed by atoms with Crippen molar-refractivity contribution in [1.82, 2.24) is 4.90 Å². The van der Waals surface area contributed by atoms with Crippen molar-refractivity contribution in [2.24, 2.45) is 5.73 Å². The predicted molar refractivity (Wildman–Crippen MR) is 71.7 cm³/mol. The molecule has 0 aromatic heterocycles. The van der Waals surface area contributed by atoms with Gasteiger partial charge in [0.05, 0.1) is 19.8 Å². The first-order chi connectivity index (χ1) is 9.07. The largest absolute Gasteiger partial charge is 0.392 e. The first-order valence-electron chi connectivity index (χ1n) is 6.55. The number of urea groups is 1. The molecule has 0 aliphatic rings. The van der Waals surface area contributed by atoms with Gasteiger partial charge in [-0.1, -0.05) is 27.2 Å². The van der Waals surface area contributed by atoms with Crippen LogP contribution in [0.5, 0.6) is 0 Å². The van der Waals surface area contributed by atoms with Gasteiger partial charge in [-0.2, -0.15) is 4.90 Å². The van der Waals surface area contributed by atoms with Crippen LogP contribution in [0, 0.1) is 12.5 Å². The van der Waals surface area contributed by atoms with Crippen LogP contribution in [-0.4, -0.2) is 36.8 Å². The summed E-state index contributed by atoms with van der Waals surface area (Å²) in [5, 5.41) is 0. The number of hydrogen-bond acceptors (Lipinski definition) is 4. The molecule has 0 fully saturated rings. The summed E-state index contributed by atoms with van der Waals surface area (Å²) in [7, 11) is 0. The molecule has 0 saturated carbocycles. The third kappa shape index (κ3) is 5.47. The molecule has 0 rings (SSSR count). The Balaban J connectivity index is 5.17. The van der Waals surface area contributed by atoms with Crippen molar-refractivity contribution in [2.75, 3.05) is 19.8 Å². The van der Waals surface area contributed by atoms with Crippen LogP contribution in [0.15, 0.2) is 0 Å². The Morgan fingerprint density at radius 1 is 1.11 bits per heavy atom. The van der Waals surface area contributed by atoms with Crippen molar-refractivity contribution < 1.29 is 19.0 Å². The second-order valence-electron chi connectivity index (χ2n) is 3.87. The number of ether oxygens (including phenoxy) is 3. The highest BCUT2D eigenvalue weighted by Crippen LogP contribution is 2.22. The van der Waals surface area contributed by atoms with Gasteiger partial charge in [0.15, 0.2) is 0 Å². The number of hydrogen-bond donors (Lipinski definition) is 1. The molecule has 0 aromatic rings. The summed E-state index contributed by atoms with van der Waals surface area (Å²) in [4.78, 5) is 12.2. The average molecular weight is 272 g/mol. The van der Waals surface area contributed by atoms with Gasteiger partial charge in [-0.05, 0) is 19.3 Å². The number of primary amides is 1. The molecule has 2 N–H and O–H groups in total. The molecule has 0 saturated heterocycles. The second-order valence-corrected chi connectivity index (χ2v) is 3.87. The molecule has 0 radical (unpaired) electrons. The summed E-state index contributed by atoms with van der Waals surface area (Å²) in [5.41, 5.74) is 5.25. The van der Waals surface area contributed by atoms with E-state index < -0.39 is 12.1 Å². The van der Waals surface area contributed by atoms with E-state index in [-0.39, 0.29) is 0 Å². The van der Waals surface area contributed by atoms with Crippen LogP contribution in [0.2, 0.25) is 0 Å². The molecule has 6 nitrogen and oxygen atoms in total.